The molecule has 8 bridgehead atoms. The van der Waals surface area contributed by atoms with E-state index in [2.05, 4.69) is 0 Å². The third-order valence-corrected chi connectivity index (χ3v) is 14.8. The maximum Gasteiger partial charge on any atom is 2.00 e. The minimum atomic E-state index is -4.53. The first-order chi connectivity index (χ1) is 30.2. The van der Waals surface area contributed by atoms with Crippen LogP contribution in [0.4, 0.5) is 0 Å². The van der Waals surface area contributed by atoms with Crippen molar-refractivity contribution in [2.45, 2.75) is 57.2 Å². The monoisotopic (exact) mass is 1000 g/mol. The van der Waals surface area contributed by atoms with E-state index in [-0.39, 0.29) is 36.7 Å². The maximum absolute atomic E-state index is 12.0. The van der Waals surface area contributed by atoms with Crippen LogP contribution in [0, 0.1) is 0 Å². The smallest absolute Gasteiger partial charge is 0.664 e. The zero-order valence-corrected chi connectivity index (χ0v) is 37.5. The Balaban J connectivity index is 0.00000576. The molecule has 4 aliphatic heterocycles. The molecule has 5 aromatic rings. The molecule has 4 aliphatic rings. The summed E-state index contributed by atoms with van der Waals surface area (Å²) in [6.07, 6.45) is 5.17. The molecule has 0 saturated carbocycles. The topological polar surface area (TPSA) is 270 Å². The van der Waals surface area contributed by atoms with E-state index in [4.69, 9.17) is 20.3 Å². The van der Waals surface area contributed by atoms with Crippen LogP contribution in [0.15, 0.2) is 168 Å². The van der Waals surface area contributed by atoms with Gasteiger partial charge >= 0.3 is 17.1 Å². The quantitative estimate of drug-likeness (QED) is 0.0890. The molecule has 0 amide bonds. The van der Waals surface area contributed by atoms with Gasteiger partial charge in [0.25, 0.3) is 40.5 Å². The Morgan fingerprint density at radius 1 is 0.508 bits per heavy atom. The second kappa shape index (κ2) is 17.0. The standard InChI is InChI=1S/C44H34N4O12S4.Cu/c49-61(50,51)29-9-1-25(2-10-29)41-33-17-19-35(45-33)42(26-3-11-30(12-4-26)62(52,53)54)37-21-23-39(47-37)44(28-7-15-32(16-8-28)64(58,59)60)40-24-22-38(48-40)43(36-20-18-34(41)46-36)27-5-13-31(14-6-27)63(55,56)57;/h1-20,33,41H,21-24H2,(H,49,50,51)(H,52,53,54)(H,55,56,57)(H,58,59,60);/q-2;+2/b42-37-,43-38-,44-39-;. The Labute approximate surface area is 384 Å². The molecule has 65 heavy (non-hydrogen) atoms. The Bertz CT molecular complexity index is 3430. The molecule has 9 rings (SSSR count). The number of fused-ring (bicyclic) bond motifs is 6. The first-order valence-electron chi connectivity index (χ1n) is 19.4. The second-order valence-electron chi connectivity index (χ2n) is 15.3. The molecule has 0 spiro atoms. The number of aliphatic imine (C=N–C) groups is 2. The van der Waals surface area contributed by atoms with Gasteiger partial charge in [-0.1, -0.05) is 66.7 Å². The van der Waals surface area contributed by atoms with E-state index in [0.717, 1.165) is 0 Å². The second-order valence-corrected chi connectivity index (χ2v) is 21.0. The summed E-state index contributed by atoms with van der Waals surface area (Å²) in [5.74, 6) is -0.650. The molecule has 2 unspecified atom stereocenters. The number of hydrogen-bond acceptors (Lipinski definition) is 10. The molecule has 1 saturated heterocycles. The molecule has 16 nitrogen and oxygen atoms in total. The Morgan fingerprint density at radius 2 is 0.954 bits per heavy atom. The maximum atomic E-state index is 12.0. The molecule has 1 aromatic heterocycles. The van der Waals surface area contributed by atoms with E-state index in [1.54, 1.807) is 54.6 Å². The Kier molecular flexibility index (Phi) is 12.0. The van der Waals surface area contributed by atoms with Gasteiger partial charge in [-0.3, -0.25) is 28.2 Å². The van der Waals surface area contributed by atoms with Crippen LogP contribution in [-0.4, -0.2) is 69.3 Å². The SMILES string of the molecule is O=S(=O)(O)c1ccc(/C2=C3\CC/C(=C(\c4ccc(S(=O)(=O)O)cc4)C4=N/C(=C(/c5ccc(S(=O)(=O)O)cc5)c5ccc([n-]5)C(c5ccc(S(=O)(=O)O)cc5)C5C=CC2=N5)CC4)[N-]3)cc1.[Cu+2]. The third-order valence-electron chi connectivity index (χ3n) is 11.3. The van der Waals surface area contributed by atoms with Gasteiger partial charge in [0.05, 0.1) is 31.3 Å². The number of hydrogen-bond donors (Lipinski definition) is 4. The number of allylic oxidation sites excluding steroid dienone is 6. The molecule has 21 heteroatoms. The van der Waals surface area contributed by atoms with Gasteiger partial charge in [-0.05, 0) is 119 Å². The summed E-state index contributed by atoms with van der Waals surface area (Å²) in [7, 11) is -18.1. The van der Waals surface area contributed by atoms with Gasteiger partial charge in [-0.15, -0.1) is 22.8 Å². The van der Waals surface area contributed by atoms with Crippen LogP contribution >= 0.6 is 0 Å². The van der Waals surface area contributed by atoms with Crippen LogP contribution in [0.25, 0.3) is 22.0 Å². The van der Waals surface area contributed by atoms with Crippen LogP contribution in [0.1, 0.15) is 65.2 Å². The zero-order chi connectivity index (χ0) is 45.3. The Hall–Kier alpha value is -5.58. The summed E-state index contributed by atoms with van der Waals surface area (Å²) < 4.78 is 135. The van der Waals surface area contributed by atoms with Crippen LogP contribution in [0.2, 0.25) is 0 Å². The van der Waals surface area contributed by atoms with Gasteiger partial charge in [-0.2, -0.15) is 33.7 Å². The summed E-state index contributed by atoms with van der Waals surface area (Å²) in [6.45, 7) is 0. The van der Waals surface area contributed by atoms with Gasteiger partial charge in [0.2, 0.25) is 0 Å². The minimum Gasteiger partial charge on any atom is -0.664 e. The van der Waals surface area contributed by atoms with Crippen LogP contribution in [0.3, 0.4) is 0 Å². The van der Waals surface area contributed by atoms with E-state index in [1.807, 2.05) is 6.08 Å². The van der Waals surface area contributed by atoms with Crippen molar-refractivity contribution in [3.63, 3.8) is 0 Å². The Morgan fingerprint density at radius 3 is 1.45 bits per heavy atom. The minimum absolute atomic E-state index is 0. The molecule has 1 fully saturated rings. The molecule has 4 aromatic carbocycles. The summed E-state index contributed by atoms with van der Waals surface area (Å²) in [4.78, 5) is 14.2. The van der Waals surface area contributed by atoms with Crippen molar-refractivity contribution in [2.75, 3.05) is 0 Å². The third kappa shape index (κ3) is 9.17. The number of aromatic nitrogens is 1. The molecule has 5 heterocycles. The van der Waals surface area contributed by atoms with Crippen molar-refractivity contribution in [3.8, 4) is 0 Å². The average molecular weight is 1000 g/mol. The first kappa shape index (κ1) is 46.0. The fourth-order valence-corrected chi connectivity index (χ4v) is 10.3. The van der Waals surface area contributed by atoms with Gasteiger partial charge in [0.1, 0.15) is 0 Å². The summed E-state index contributed by atoms with van der Waals surface area (Å²) in [5, 5.41) is 5.18. The molecule has 337 valence electrons. The van der Waals surface area contributed by atoms with E-state index in [1.165, 1.54) is 60.7 Å². The summed E-state index contributed by atoms with van der Waals surface area (Å²) in [6, 6.07) is 25.5. The normalized spacial score (nSPS) is 22.3. The van der Waals surface area contributed by atoms with Crippen molar-refractivity contribution in [1.29, 1.82) is 0 Å². The number of benzene rings is 4. The van der Waals surface area contributed by atoms with E-state index in [9.17, 15) is 51.9 Å². The molecular formula is C44H34CuN4O12S4. The molecular weight excluding hydrogens is 968 g/mol. The van der Waals surface area contributed by atoms with Crippen LogP contribution in [0.5, 0.6) is 0 Å². The van der Waals surface area contributed by atoms with E-state index in [0.29, 0.717) is 105 Å². The van der Waals surface area contributed by atoms with Crippen molar-refractivity contribution >= 4 is 68.6 Å². The largest absolute Gasteiger partial charge is 2.00 e. The predicted octanol–water partition coefficient (Wildman–Crippen LogP) is 7.14. The van der Waals surface area contributed by atoms with Gasteiger partial charge in [0.15, 0.2) is 0 Å². The van der Waals surface area contributed by atoms with Gasteiger partial charge in [0, 0.05) is 17.3 Å². The van der Waals surface area contributed by atoms with Crippen LogP contribution in [-0.2, 0) is 57.5 Å². The summed E-state index contributed by atoms with van der Waals surface area (Å²) in [5.41, 5.74) is 7.70. The van der Waals surface area contributed by atoms with E-state index >= 15 is 0 Å². The first-order valence-corrected chi connectivity index (χ1v) is 25.2. The fourth-order valence-electron chi connectivity index (χ4n) is 8.40. The van der Waals surface area contributed by atoms with Gasteiger partial charge in [-0.25, -0.2) is 0 Å². The van der Waals surface area contributed by atoms with Crippen molar-refractivity contribution < 1.29 is 69.0 Å². The van der Waals surface area contributed by atoms with Gasteiger partial charge < -0.3 is 10.3 Å². The fraction of sp³-hybridized carbons (Fsp3) is 0.136. The van der Waals surface area contributed by atoms with E-state index < -0.39 is 52.4 Å². The average Bonchev–Trinajstić information content (AvgIpc) is 4.08. The van der Waals surface area contributed by atoms with Crippen LogP contribution < -0.4 is 4.98 Å². The summed E-state index contributed by atoms with van der Waals surface area (Å²) >= 11 is 0. The van der Waals surface area contributed by atoms with Crippen molar-refractivity contribution in [2.24, 2.45) is 9.98 Å². The van der Waals surface area contributed by atoms with Crippen molar-refractivity contribution in [3.05, 3.63) is 177 Å². The predicted molar refractivity (Wildman–Crippen MR) is 236 cm³/mol. The van der Waals surface area contributed by atoms with Crippen molar-refractivity contribution in [1.82, 2.24) is 4.98 Å². The zero-order valence-electron chi connectivity index (χ0n) is 33.3. The molecule has 4 N–H and O–H groups in total. The molecule has 2 atom stereocenters. The molecule has 1 radical (unpaired) electrons. The molecule has 0 aliphatic carbocycles. The number of nitrogens with zero attached hydrogens (tertiary/aromatic N) is 4. The number of rotatable bonds is 8.